The van der Waals surface area contributed by atoms with Crippen LogP contribution >= 0.6 is 11.6 Å². The van der Waals surface area contributed by atoms with Crippen molar-refractivity contribution in [1.82, 2.24) is 0 Å². The molecule has 19 heavy (non-hydrogen) atoms. The molecule has 3 heteroatoms. The fourth-order valence-corrected chi connectivity index (χ4v) is 3.12. The number of hydrogen-bond acceptors (Lipinski definition) is 2. The topological polar surface area (TPSA) is 38.0 Å². The number of halogens is 1. The molecule has 2 rings (SSSR count). The third kappa shape index (κ3) is 3.87. The molecular weight excluding hydrogens is 256 g/mol. The predicted octanol–water partition coefficient (Wildman–Crippen LogP) is 4.50. The summed E-state index contributed by atoms with van der Waals surface area (Å²) >= 11 is 6.21. The van der Waals surface area contributed by atoms with Gasteiger partial charge in [-0.2, -0.15) is 0 Å². The molecule has 0 atom stereocenters. The van der Waals surface area contributed by atoms with E-state index in [1.807, 2.05) is 13.0 Å². The Morgan fingerprint density at radius 2 is 1.79 bits per heavy atom. The van der Waals surface area contributed by atoms with Crippen molar-refractivity contribution in [3.8, 4) is 0 Å². The third-order valence-electron chi connectivity index (χ3n) is 4.28. The van der Waals surface area contributed by atoms with Crippen molar-refractivity contribution in [1.29, 1.82) is 0 Å². The van der Waals surface area contributed by atoms with Crippen molar-refractivity contribution >= 4 is 17.3 Å². The first-order valence-corrected chi connectivity index (χ1v) is 7.77. The minimum atomic E-state index is 0.0546. The van der Waals surface area contributed by atoms with Crippen molar-refractivity contribution in [2.45, 2.75) is 57.4 Å². The van der Waals surface area contributed by atoms with Gasteiger partial charge in [-0.25, -0.2) is 0 Å². The zero-order valence-corrected chi connectivity index (χ0v) is 12.6. The molecule has 3 N–H and O–H groups in total. The lowest BCUT2D eigenvalue weighted by Crippen LogP contribution is -2.46. The maximum Gasteiger partial charge on any atom is 0.0495 e. The second-order valence-corrected chi connectivity index (χ2v) is 6.25. The molecule has 1 aliphatic carbocycles. The van der Waals surface area contributed by atoms with Crippen LogP contribution in [0.5, 0.6) is 0 Å². The molecule has 1 fully saturated rings. The number of aryl methyl sites for hydroxylation is 1. The summed E-state index contributed by atoms with van der Waals surface area (Å²) in [6.07, 6.45) is 8.89. The van der Waals surface area contributed by atoms with Crippen LogP contribution < -0.4 is 11.1 Å². The van der Waals surface area contributed by atoms with Gasteiger partial charge in [0.2, 0.25) is 0 Å². The largest absolute Gasteiger partial charge is 0.378 e. The van der Waals surface area contributed by atoms with Crippen LogP contribution in [0, 0.1) is 6.92 Å². The second kappa shape index (κ2) is 6.62. The van der Waals surface area contributed by atoms with E-state index in [0.29, 0.717) is 6.54 Å². The summed E-state index contributed by atoms with van der Waals surface area (Å²) in [6, 6.07) is 6.20. The zero-order chi connectivity index (χ0) is 13.7. The van der Waals surface area contributed by atoms with Crippen LogP contribution in [-0.4, -0.2) is 12.1 Å². The van der Waals surface area contributed by atoms with Gasteiger partial charge >= 0.3 is 0 Å². The Kier molecular flexibility index (Phi) is 5.12. The van der Waals surface area contributed by atoms with Crippen molar-refractivity contribution in [2.75, 3.05) is 11.9 Å². The highest BCUT2D eigenvalue weighted by molar-refractivity contribution is 6.31. The average Bonchev–Trinajstić information content (AvgIpc) is 2.37. The zero-order valence-electron chi connectivity index (χ0n) is 11.8. The highest BCUT2D eigenvalue weighted by Crippen LogP contribution is 2.30. The van der Waals surface area contributed by atoms with Gasteiger partial charge in [-0.15, -0.1) is 0 Å². The SMILES string of the molecule is Cc1ccc(NC2(CN)CCCCCCC2)cc1Cl. The summed E-state index contributed by atoms with van der Waals surface area (Å²) in [5.41, 5.74) is 8.35. The van der Waals surface area contributed by atoms with E-state index in [0.717, 1.165) is 29.1 Å². The van der Waals surface area contributed by atoms with Gasteiger partial charge in [-0.05, 0) is 37.5 Å². The first-order chi connectivity index (χ1) is 9.15. The molecule has 1 aliphatic rings. The number of rotatable bonds is 3. The van der Waals surface area contributed by atoms with Gasteiger partial charge in [0.05, 0.1) is 0 Å². The smallest absolute Gasteiger partial charge is 0.0495 e. The summed E-state index contributed by atoms with van der Waals surface area (Å²) in [4.78, 5) is 0. The first-order valence-electron chi connectivity index (χ1n) is 7.40. The van der Waals surface area contributed by atoms with Gasteiger partial charge in [0.15, 0.2) is 0 Å². The molecule has 0 spiro atoms. The fraction of sp³-hybridized carbons (Fsp3) is 0.625. The van der Waals surface area contributed by atoms with Crippen LogP contribution in [0.4, 0.5) is 5.69 Å². The molecule has 2 nitrogen and oxygen atoms in total. The molecule has 1 aromatic rings. The molecule has 0 saturated heterocycles. The van der Waals surface area contributed by atoms with Crippen LogP contribution in [0.1, 0.15) is 50.5 Å². The molecule has 0 amide bonds. The molecule has 0 aromatic heterocycles. The van der Waals surface area contributed by atoms with E-state index in [9.17, 15) is 0 Å². The van der Waals surface area contributed by atoms with Crippen molar-refractivity contribution in [3.63, 3.8) is 0 Å². The number of benzene rings is 1. The molecule has 1 aromatic carbocycles. The Hall–Kier alpha value is -0.730. The number of nitrogens with two attached hydrogens (primary N) is 1. The molecule has 106 valence electrons. The van der Waals surface area contributed by atoms with Crippen LogP contribution in [0.15, 0.2) is 18.2 Å². The fourth-order valence-electron chi connectivity index (χ4n) is 2.94. The molecule has 0 aliphatic heterocycles. The Labute approximate surface area is 121 Å². The second-order valence-electron chi connectivity index (χ2n) is 5.84. The van der Waals surface area contributed by atoms with Gasteiger partial charge < -0.3 is 11.1 Å². The number of nitrogens with one attached hydrogen (secondary N) is 1. The average molecular weight is 281 g/mol. The lowest BCUT2D eigenvalue weighted by Gasteiger charge is -2.36. The summed E-state index contributed by atoms with van der Waals surface area (Å²) in [5, 5.41) is 4.49. The van der Waals surface area contributed by atoms with Gasteiger partial charge in [0.25, 0.3) is 0 Å². The molecular formula is C16H25ClN2. The number of hydrogen-bond donors (Lipinski definition) is 2. The molecule has 0 radical (unpaired) electrons. The predicted molar refractivity (Wildman–Crippen MR) is 83.9 cm³/mol. The maximum atomic E-state index is 6.21. The van der Waals surface area contributed by atoms with Crippen molar-refractivity contribution in [3.05, 3.63) is 28.8 Å². The molecule has 0 unspecified atom stereocenters. The maximum absolute atomic E-state index is 6.21. The standard InChI is InChI=1S/C16H25ClN2/c1-13-7-8-14(11-15(13)17)19-16(12-18)9-5-3-2-4-6-10-16/h7-8,11,19H,2-6,9-10,12,18H2,1H3. The Morgan fingerprint density at radius 1 is 1.16 bits per heavy atom. The van der Waals surface area contributed by atoms with Gasteiger partial charge in [0.1, 0.15) is 0 Å². The van der Waals surface area contributed by atoms with Crippen molar-refractivity contribution in [2.24, 2.45) is 5.73 Å². The first kappa shape index (κ1) is 14.7. The summed E-state index contributed by atoms with van der Waals surface area (Å²) in [6.45, 7) is 2.72. The monoisotopic (exact) mass is 280 g/mol. The molecule has 0 bridgehead atoms. The lowest BCUT2D eigenvalue weighted by atomic mass is 9.83. The summed E-state index contributed by atoms with van der Waals surface area (Å²) in [5.74, 6) is 0. The quantitative estimate of drug-likeness (QED) is 0.855. The van der Waals surface area contributed by atoms with Crippen LogP contribution in [0.2, 0.25) is 5.02 Å². The van der Waals surface area contributed by atoms with E-state index in [2.05, 4.69) is 17.4 Å². The van der Waals surface area contributed by atoms with Crippen LogP contribution in [0.3, 0.4) is 0 Å². The normalized spacial score (nSPS) is 19.5. The third-order valence-corrected chi connectivity index (χ3v) is 4.69. The van der Waals surface area contributed by atoms with Crippen LogP contribution in [0.25, 0.3) is 0 Å². The number of anilines is 1. The Bertz CT molecular complexity index is 409. The van der Waals surface area contributed by atoms with Gasteiger partial charge in [0, 0.05) is 22.8 Å². The molecule has 0 heterocycles. The van der Waals surface area contributed by atoms with E-state index in [4.69, 9.17) is 17.3 Å². The van der Waals surface area contributed by atoms with E-state index >= 15 is 0 Å². The van der Waals surface area contributed by atoms with Crippen LogP contribution in [-0.2, 0) is 0 Å². The Balaban J connectivity index is 2.13. The highest BCUT2D eigenvalue weighted by atomic mass is 35.5. The summed E-state index contributed by atoms with van der Waals surface area (Å²) < 4.78 is 0. The van der Waals surface area contributed by atoms with Crippen molar-refractivity contribution < 1.29 is 0 Å². The summed E-state index contributed by atoms with van der Waals surface area (Å²) in [7, 11) is 0. The van der Waals surface area contributed by atoms with E-state index < -0.39 is 0 Å². The minimum Gasteiger partial charge on any atom is -0.378 e. The van der Waals surface area contributed by atoms with E-state index in [1.54, 1.807) is 0 Å². The van der Waals surface area contributed by atoms with E-state index in [1.165, 1.54) is 32.1 Å². The Morgan fingerprint density at radius 3 is 2.37 bits per heavy atom. The minimum absolute atomic E-state index is 0.0546. The van der Waals surface area contributed by atoms with E-state index in [-0.39, 0.29) is 5.54 Å². The van der Waals surface area contributed by atoms with Gasteiger partial charge in [-0.3, -0.25) is 0 Å². The molecule has 1 saturated carbocycles. The van der Waals surface area contributed by atoms with Gasteiger partial charge in [-0.1, -0.05) is 49.8 Å². The lowest BCUT2D eigenvalue weighted by molar-refractivity contribution is 0.351. The highest BCUT2D eigenvalue weighted by Gasteiger charge is 2.28.